The van der Waals surface area contributed by atoms with Crippen molar-refractivity contribution in [3.63, 3.8) is 0 Å². The number of halogens is 2. The standard InChI is InChI=1S/2C20H21O.C2H4.2ClH.Ti/c2*1-20(2,3)16-12-15-6-5-7-18(19(15)13-16)14-8-10-17(21-4)11-9-14;1-2;;;/h2*5-13H,1-4H3;1-2H2;2*1H;/q;;;;;+2/p-2. The molecule has 0 bridgehead atoms. The molecule has 0 amide bonds. The van der Waals surface area contributed by atoms with E-state index in [9.17, 15) is 0 Å². The van der Waals surface area contributed by atoms with Crippen LogP contribution in [0.5, 0.6) is 11.5 Å². The molecule has 0 radical (unpaired) electrons. The van der Waals surface area contributed by atoms with Crippen LogP contribution in [0.25, 0.3) is 34.4 Å². The number of allylic oxidation sites excluding steroid dienone is 2. The molecule has 7 rings (SSSR count). The van der Waals surface area contributed by atoms with E-state index in [0.717, 1.165) is 11.5 Å². The van der Waals surface area contributed by atoms with Crippen molar-refractivity contribution < 1.29 is 50.9 Å². The number of benzene rings is 4. The zero-order valence-corrected chi connectivity index (χ0v) is 32.0. The summed E-state index contributed by atoms with van der Waals surface area (Å²) in [5.74, 6) is 1.80. The number of ether oxygens (including phenoxy) is 2. The predicted octanol–water partition coefficient (Wildman–Crippen LogP) is 5.72. The van der Waals surface area contributed by atoms with Crippen LogP contribution in [-0.2, 0) is 16.6 Å². The van der Waals surface area contributed by atoms with Crippen molar-refractivity contribution in [1.29, 1.82) is 0 Å². The molecule has 0 spiro atoms. The Morgan fingerprint density at radius 2 is 0.894 bits per heavy atom. The molecule has 4 aromatic carbocycles. The van der Waals surface area contributed by atoms with Gasteiger partial charge in [0.05, 0.1) is 0 Å². The molecule has 1 aliphatic heterocycles. The number of fused-ring (bicyclic) bond motifs is 2. The molecule has 1 heterocycles. The second-order valence-electron chi connectivity index (χ2n) is 15.4. The van der Waals surface area contributed by atoms with E-state index in [-0.39, 0.29) is 35.6 Å². The van der Waals surface area contributed by atoms with E-state index in [0.29, 0.717) is 8.45 Å². The van der Waals surface area contributed by atoms with Gasteiger partial charge in [-0.25, -0.2) is 0 Å². The van der Waals surface area contributed by atoms with E-state index in [2.05, 4.69) is 139 Å². The normalized spacial score (nSPS) is 18.3. The SMILES string of the molecule is COc1ccc(-c2cccc3c2C=C(C(C)(C)C)[CH]3[Ti+2]2([CH]3C(C(C)(C)C)=Cc4c(-c5ccc(OC)cc5)cccc43)[CH2][CH2]2)cc1.[Cl-].[Cl-]. The van der Waals surface area contributed by atoms with Crippen molar-refractivity contribution in [3.05, 3.63) is 118 Å². The van der Waals surface area contributed by atoms with Gasteiger partial charge >= 0.3 is 275 Å². The summed E-state index contributed by atoms with van der Waals surface area (Å²) in [5, 5.41) is 0. The van der Waals surface area contributed by atoms with Gasteiger partial charge in [-0.15, -0.1) is 0 Å². The van der Waals surface area contributed by atoms with Crippen LogP contribution in [0.4, 0.5) is 0 Å². The molecule has 0 aromatic heterocycles. The van der Waals surface area contributed by atoms with Crippen molar-refractivity contribution in [2.45, 2.75) is 59.4 Å². The molecule has 0 N–H and O–H groups in total. The van der Waals surface area contributed by atoms with Crippen LogP contribution in [0, 0.1) is 10.8 Å². The van der Waals surface area contributed by atoms with Crippen LogP contribution in [0.2, 0.25) is 9.45 Å². The largest absolute Gasteiger partial charge is 1.00 e. The van der Waals surface area contributed by atoms with Crippen molar-refractivity contribution >= 4 is 12.2 Å². The van der Waals surface area contributed by atoms with Gasteiger partial charge in [0.15, 0.2) is 0 Å². The Bertz CT molecular complexity index is 1700. The van der Waals surface area contributed by atoms with Gasteiger partial charge < -0.3 is 24.8 Å². The minimum atomic E-state index is -2.60. The minimum absolute atomic E-state index is 0. The third kappa shape index (κ3) is 6.06. The first kappa shape index (κ1) is 35.6. The number of hydrogen-bond donors (Lipinski definition) is 0. The molecule has 5 heteroatoms. The molecule has 1 saturated heterocycles. The van der Waals surface area contributed by atoms with Gasteiger partial charge in [0.25, 0.3) is 0 Å². The molecule has 244 valence electrons. The van der Waals surface area contributed by atoms with Gasteiger partial charge in [0.1, 0.15) is 0 Å². The van der Waals surface area contributed by atoms with E-state index >= 15 is 0 Å². The van der Waals surface area contributed by atoms with Gasteiger partial charge in [-0.05, 0) is 0 Å². The quantitative estimate of drug-likeness (QED) is 0.240. The van der Waals surface area contributed by atoms with E-state index < -0.39 is 16.6 Å². The Labute approximate surface area is 297 Å². The maximum Gasteiger partial charge on any atom is -1.00 e. The third-order valence-electron chi connectivity index (χ3n) is 10.6. The van der Waals surface area contributed by atoms with Gasteiger partial charge in [0.2, 0.25) is 0 Å². The smallest absolute Gasteiger partial charge is 1.00 e. The molecular weight excluding hydrogens is 655 g/mol. The Balaban J connectivity index is 0.00000217. The molecule has 4 aromatic rings. The predicted molar refractivity (Wildman–Crippen MR) is 187 cm³/mol. The van der Waals surface area contributed by atoms with Gasteiger partial charge in [0, 0.05) is 0 Å². The number of hydrogen-bond acceptors (Lipinski definition) is 2. The summed E-state index contributed by atoms with van der Waals surface area (Å²) in [5.41, 5.74) is 14.8. The molecule has 0 saturated carbocycles. The van der Waals surface area contributed by atoms with Crippen molar-refractivity contribution in [2.75, 3.05) is 14.2 Å². The van der Waals surface area contributed by atoms with Gasteiger partial charge in [-0.3, -0.25) is 0 Å². The van der Waals surface area contributed by atoms with Crippen LogP contribution >= 0.6 is 0 Å². The average Bonchev–Trinajstić information content (AvgIpc) is 3.52. The van der Waals surface area contributed by atoms with Crippen LogP contribution in [0.3, 0.4) is 0 Å². The first-order valence-corrected chi connectivity index (χ1v) is 20.5. The van der Waals surface area contributed by atoms with Crippen LogP contribution in [0.1, 0.15) is 72.2 Å². The van der Waals surface area contributed by atoms with Crippen LogP contribution in [-0.4, -0.2) is 14.2 Å². The zero-order chi connectivity index (χ0) is 31.7. The Morgan fingerprint density at radius 3 is 1.19 bits per heavy atom. The average molecular weight is 702 g/mol. The Kier molecular flexibility index (Phi) is 9.79. The van der Waals surface area contributed by atoms with Crippen LogP contribution < -0.4 is 34.3 Å². The van der Waals surface area contributed by atoms with E-state index in [4.69, 9.17) is 9.47 Å². The molecule has 2 nitrogen and oxygen atoms in total. The van der Waals surface area contributed by atoms with Gasteiger partial charge in [-0.2, -0.15) is 0 Å². The second-order valence-corrected chi connectivity index (χ2v) is 22.6. The van der Waals surface area contributed by atoms with Crippen LogP contribution in [0.15, 0.2) is 96.1 Å². The summed E-state index contributed by atoms with van der Waals surface area (Å²) in [6.45, 7) is 14.6. The number of methoxy groups -OCH3 is 2. The molecule has 2 aliphatic carbocycles. The van der Waals surface area contributed by atoms with E-state index in [1.165, 1.54) is 42.8 Å². The summed E-state index contributed by atoms with van der Waals surface area (Å²) in [6.07, 6.45) is 5.21. The first-order valence-electron chi connectivity index (χ1n) is 16.4. The van der Waals surface area contributed by atoms with Crippen molar-refractivity contribution in [2.24, 2.45) is 10.8 Å². The van der Waals surface area contributed by atoms with E-state index in [1.54, 1.807) is 36.5 Å². The summed E-state index contributed by atoms with van der Waals surface area (Å²) in [6, 6.07) is 31.4. The zero-order valence-electron chi connectivity index (χ0n) is 28.9. The third-order valence-corrected chi connectivity index (χ3v) is 18.8. The fourth-order valence-corrected chi connectivity index (χ4v) is 19.2. The first-order chi connectivity index (χ1) is 21.5. The summed E-state index contributed by atoms with van der Waals surface area (Å²) < 4.78 is 14.9. The monoisotopic (exact) mass is 700 g/mol. The van der Waals surface area contributed by atoms with Crippen molar-refractivity contribution in [3.8, 4) is 33.8 Å². The molecule has 1 fully saturated rings. The van der Waals surface area contributed by atoms with Gasteiger partial charge in [-0.1, -0.05) is 0 Å². The molecule has 2 atom stereocenters. The molecule has 47 heavy (non-hydrogen) atoms. The Hall–Kier alpha value is -2.75. The Morgan fingerprint density at radius 1 is 0.532 bits per heavy atom. The molecule has 3 aliphatic rings. The summed E-state index contributed by atoms with van der Waals surface area (Å²) >= 11 is -2.60. The fourth-order valence-electron chi connectivity index (χ4n) is 8.28. The molecular formula is C42H46Cl2O2Ti. The van der Waals surface area contributed by atoms with Crippen molar-refractivity contribution in [1.82, 2.24) is 0 Å². The second kappa shape index (κ2) is 12.9. The summed E-state index contributed by atoms with van der Waals surface area (Å²) in [4.78, 5) is 0. The maximum absolute atomic E-state index is 5.48. The fraction of sp³-hybridized carbons (Fsp3) is 0.333. The van der Waals surface area contributed by atoms with E-state index in [1.807, 2.05) is 0 Å². The topological polar surface area (TPSA) is 18.5 Å². The summed E-state index contributed by atoms with van der Waals surface area (Å²) in [7, 11) is 3.47. The number of rotatable bonds is 6. The molecule has 2 unspecified atom stereocenters. The minimum Gasteiger partial charge on any atom is -1.00 e. The maximum atomic E-state index is 5.48.